The molecule has 6 nitrogen and oxygen atoms in total. The van der Waals surface area contributed by atoms with Crippen LogP contribution in [0.5, 0.6) is 0 Å². The monoisotopic (exact) mass is 365 g/mol. The summed E-state index contributed by atoms with van der Waals surface area (Å²) in [6, 6.07) is 15.4. The number of benzene rings is 2. The molecular weight excluding hydrogens is 350 g/mol. The number of halogens is 1. The lowest BCUT2D eigenvalue weighted by Gasteiger charge is -2.10. The van der Waals surface area contributed by atoms with Crippen LogP contribution in [0.4, 0.5) is 5.95 Å². The Morgan fingerprint density at radius 2 is 1.85 bits per heavy atom. The first-order chi connectivity index (χ1) is 12.6. The first kappa shape index (κ1) is 16.4. The normalized spacial score (nSPS) is 11.0. The minimum Gasteiger partial charge on any atom is -0.350 e. The number of nitrogens with zero attached hydrogens (tertiary/aromatic N) is 4. The number of rotatable bonds is 4. The zero-order chi connectivity index (χ0) is 18.1. The van der Waals surface area contributed by atoms with E-state index in [2.05, 4.69) is 15.5 Å². The van der Waals surface area contributed by atoms with E-state index in [1.165, 1.54) is 4.57 Å². The predicted molar refractivity (Wildman–Crippen MR) is 102 cm³/mol. The van der Waals surface area contributed by atoms with E-state index in [0.29, 0.717) is 17.5 Å². The molecule has 4 aromatic rings. The van der Waals surface area contributed by atoms with Crippen LogP contribution >= 0.6 is 11.6 Å². The summed E-state index contributed by atoms with van der Waals surface area (Å²) in [4.78, 5) is 12.8. The third-order valence-corrected chi connectivity index (χ3v) is 4.67. The lowest BCUT2D eigenvalue weighted by molar-refractivity contribution is 0.938. The zero-order valence-corrected chi connectivity index (χ0v) is 14.8. The Labute approximate surface area is 154 Å². The van der Waals surface area contributed by atoms with Gasteiger partial charge in [-0.3, -0.25) is 13.8 Å². The average Bonchev–Trinajstić information content (AvgIpc) is 3.08. The van der Waals surface area contributed by atoms with Gasteiger partial charge in [-0.15, -0.1) is 10.2 Å². The van der Waals surface area contributed by atoms with Gasteiger partial charge in [0.2, 0.25) is 11.6 Å². The smallest absolute Gasteiger partial charge is 0.300 e. The highest BCUT2D eigenvalue weighted by molar-refractivity contribution is 6.31. The quantitative estimate of drug-likeness (QED) is 0.601. The molecule has 0 fully saturated rings. The van der Waals surface area contributed by atoms with Gasteiger partial charge in [-0.2, -0.15) is 0 Å². The van der Waals surface area contributed by atoms with Gasteiger partial charge < -0.3 is 5.32 Å². The van der Waals surface area contributed by atoms with Crippen molar-refractivity contribution >= 4 is 23.2 Å². The lowest BCUT2D eigenvalue weighted by Crippen LogP contribution is -2.21. The summed E-state index contributed by atoms with van der Waals surface area (Å²) in [7, 11) is 0. The summed E-state index contributed by atoms with van der Waals surface area (Å²) in [5, 5.41) is 12.0. The number of hydrogen-bond donors (Lipinski definition) is 1. The van der Waals surface area contributed by atoms with Crippen molar-refractivity contribution in [1.82, 2.24) is 19.2 Å². The summed E-state index contributed by atoms with van der Waals surface area (Å²) in [5.41, 5.74) is 2.68. The second-order valence-corrected chi connectivity index (χ2v) is 6.32. The van der Waals surface area contributed by atoms with E-state index in [1.54, 1.807) is 22.9 Å². The Balaban J connectivity index is 1.72. The number of aromatic nitrogens is 4. The first-order valence-electron chi connectivity index (χ1n) is 8.15. The SMILES string of the molecule is Cc1c(Cl)cccc1-n1ccn2c(NCc3ccccc3)nnc2c1=O. The van der Waals surface area contributed by atoms with Gasteiger partial charge in [-0.05, 0) is 30.2 Å². The predicted octanol–water partition coefficient (Wildman–Crippen LogP) is 3.45. The summed E-state index contributed by atoms with van der Waals surface area (Å²) in [6.45, 7) is 2.48. The van der Waals surface area contributed by atoms with E-state index >= 15 is 0 Å². The minimum absolute atomic E-state index is 0.252. The van der Waals surface area contributed by atoms with Crippen molar-refractivity contribution in [2.75, 3.05) is 5.32 Å². The molecule has 2 aromatic carbocycles. The highest BCUT2D eigenvalue weighted by Gasteiger charge is 2.13. The summed E-state index contributed by atoms with van der Waals surface area (Å²) < 4.78 is 3.19. The zero-order valence-electron chi connectivity index (χ0n) is 14.1. The minimum atomic E-state index is -0.252. The molecule has 0 spiro atoms. The third-order valence-electron chi connectivity index (χ3n) is 4.26. The van der Waals surface area contributed by atoms with Gasteiger partial charge in [0.15, 0.2) is 0 Å². The maximum absolute atomic E-state index is 12.8. The van der Waals surface area contributed by atoms with E-state index in [0.717, 1.165) is 16.8 Å². The molecule has 1 N–H and O–H groups in total. The van der Waals surface area contributed by atoms with E-state index in [1.807, 2.05) is 49.4 Å². The first-order valence-corrected chi connectivity index (χ1v) is 8.52. The highest BCUT2D eigenvalue weighted by Crippen LogP contribution is 2.21. The van der Waals surface area contributed by atoms with Gasteiger partial charge >= 0.3 is 5.56 Å². The van der Waals surface area contributed by atoms with Crippen LogP contribution in [0.1, 0.15) is 11.1 Å². The van der Waals surface area contributed by atoms with Crippen molar-refractivity contribution in [2.24, 2.45) is 0 Å². The molecule has 0 bridgehead atoms. The Morgan fingerprint density at radius 3 is 2.65 bits per heavy atom. The molecule has 2 aromatic heterocycles. The Kier molecular flexibility index (Phi) is 4.18. The van der Waals surface area contributed by atoms with E-state index in [4.69, 9.17) is 11.6 Å². The fourth-order valence-corrected chi connectivity index (χ4v) is 3.00. The van der Waals surface area contributed by atoms with Crippen LogP contribution in [0.25, 0.3) is 11.3 Å². The molecule has 7 heteroatoms. The van der Waals surface area contributed by atoms with Crippen molar-refractivity contribution in [1.29, 1.82) is 0 Å². The number of nitrogens with one attached hydrogen (secondary N) is 1. The van der Waals surface area contributed by atoms with Gasteiger partial charge in [0.1, 0.15) is 0 Å². The number of anilines is 1. The molecule has 0 saturated heterocycles. The van der Waals surface area contributed by atoms with Gasteiger partial charge in [0, 0.05) is 24.0 Å². The second-order valence-electron chi connectivity index (χ2n) is 5.91. The lowest BCUT2D eigenvalue weighted by atomic mass is 10.2. The van der Waals surface area contributed by atoms with E-state index < -0.39 is 0 Å². The maximum Gasteiger partial charge on any atom is 0.300 e. The highest BCUT2D eigenvalue weighted by atomic mass is 35.5. The van der Waals surface area contributed by atoms with Crippen LogP contribution in [0.2, 0.25) is 5.02 Å². The molecule has 0 atom stereocenters. The molecule has 26 heavy (non-hydrogen) atoms. The largest absolute Gasteiger partial charge is 0.350 e. The van der Waals surface area contributed by atoms with Crippen LogP contribution in [-0.2, 0) is 6.54 Å². The number of fused-ring (bicyclic) bond motifs is 1. The fourth-order valence-electron chi connectivity index (χ4n) is 2.83. The van der Waals surface area contributed by atoms with Gasteiger partial charge in [0.05, 0.1) is 5.69 Å². The molecule has 4 rings (SSSR count). The molecule has 0 amide bonds. The molecule has 0 aliphatic carbocycles. The molecule has 0 saturated carbocycles. The summed E-state index contributed by atoms with van der Waals surface area (Å²) in [6.07, 6.45) is 3.47. The molecule has 0 radical (unpaired) electrons. The van der Waals surface area contributed by atoms with E-state index in [-0.39, 0.29) is 11.2 Å². The van der Waals surface area contributed by atoms with Gasteiger partial charge in [-0.25, -0.2) is 0 Å². The standard InChI is InChI=1S/C19H16ClN5O/c1-13-15(20)8-5-9-16(13)24-10-11-25-17(18(24)26)22-23-19(25)21-12-14-6-3-2-4-7-14/h2-11H,12H2,1H3,(H,21,23). The van der Waals surface area contributed by atoms with Gasteiger partial charge in [0.25, 0.3) is 0 Å². The number of hydrogen-bond acceptors (Lipinski definition) is 4. The van der Waals surface area contributed by atoms with Crippen molar-refractivity contribution in [3.63, 3.8) is 0 Å². The molecule has 0 aliphatic heterocycles. The third kappa shape index (κ3) is 2.84. The Morgan fingerprint density at radius 1 is 1.04 bits per heavy atom. The summed E-state index contributed by atoms with van der Waals surface area (Å²) in [5.74, 6) is 0.524. The van der Waals surface area contributed by atoms with Crippen molar-refractivity contribution in [3.8, 4) is 5.69 Å². The van der Waals surface area contributed by atoms with Crippen molar-refractivity contribution in [2.45, 2.75) is 13.5 Å². The molecule has 0 aliphatic rings. The van der Waals surface area contributed by atoms with Crippen molar-refractivity contribution in [3.05, 3.63) is 87.4 Å². The van der Waals surface area contributed by atoms with Crippen molar-refractivity contribution < 1.29 is 0 Å². The summed E-state index contributed by atoms with van der Waals surface area (Å²) >= 11 is 6.18. The topological polar surface area (TPSA) is 64.2 Å². The Bertz CT molecular complexity index is 1130. The van der Waals surface area contributed by atoms with Crippen LogP contribution in [0.3, 0.4) is 0 Å². The molecule has 0 unspecified atom stereocenters. The van der Waals surface area contributed by atoms with E-state index in [9.17, 15) is 4.79 Å². The molecule has 130 valence electrons. The van der Waals surface area contributed by atoms with Crippen LogP contribution in [0, 0.1) is 6.92 Å². The Hall–Kier alpha value is -3.12. The molecular formula is C19H16ClN5O. The second kappa shape index (κ2) is 6.65. The average molecular weight is 366 g/mol. The van der Waals surface area contributed by atoms with Crippen LogP contribution < -0.4 is 10.9 Å². The molecule has 2 heterocycles. The fraction of sp³-hybridized carbons (Fsp3) is 0.105. The van der Waals surface area contributed by atoms with Crippen LogP contribution in [0.15, 0.2) is 65.7 Å². The van der Waals surface area contributed by atoms with Gasteiger partial charge in [-0.1, -0.05) is 48.0 Å². The maximum atomic E-state index is 12.8. The van der Waals surface area contributed by atoms with Crippen LogP contribution in [-0.4, -0.2) is 19.2 Å².